The van der Waals surface area contributed by atoms with Crippen LogP contribution in [0, 0.1) is 6.92 Å². The molecule has 0 saturated heterocycles. The highest BCUT2D eigenvalue weighted by atomic mass is 32.2. The fourth-order valence-electron chi connectivity index (χ4n) is 4.07. The summed E-state index contributed by atoms with van der Waals surface area (Å²) in [6.45, 7) is 7.30. The number of aryl methyl sites for hydroxylation is 1. The second kappa shape index (κ2) is 13.0. The fourth-order valence-corrected chi connectivity index (χ4v) is 4.54. The molecular formula is C29H39N3O5S. The number of anilines is 1. The number of benzene rings is 2. The molecule has 2 atom stereocenters. The number of carbonyl (C=O) groups excluding carboxylic acids is 3. The number of hydrogen-bond acceptors (Lipinski definition) is 6. The molecule has 38 heavy (non-hydrogen) atoms. The number of thioether (sulfide) groups is 1. The average molecular weight is 542 g/mol. The van der Waals surface area contributed by atoms with E-state index < -0.39 is 23.8 Å². The number of alkyl carbamates (subject to hydrolysis) is 1. The molecule has 9 heteroatoms. The minimum atomic E-state index is -0.866. The van der Waals surface area contributed by atoms with Gasteiger partial charge in [-0.25, -0.2) is 4.79 Å². The number of nitrogens with zero attached hydrogens (tertiary/aromatic N) is 1. The third kappa shape index (κ3) is 8.41. The Labute approximate surface area is 229 Å². The Morgan fingerprint density at radius 1 is 1.05 bits per heavy atom. The van der Waals surface area contributed by atoms with E-state index in [-0.39, 0.29) is 17.9 Å². The summed E-state index contributed by atoms with van der Waals surface area (Å²) in [5.74, 6) is 0.735. The molecule has 2 N–H and O–H groups in total. The van der Waals surface area contributed by atoms with Crippen molar-refractivity contribution in [2.45, 2.75) is 70.7 Å². The van der Waals surface area contributed by atoms with E-state index in [2.05, 4.69) is 10.6 Å². The van der Waals surface area contributed by atoms with Gasteiger partial charge in [0.15, 0.2) is 0 Å². The molecule has 3 amide bonds. The molecule has 2 unspecified atom stereocenters. The Kier molecular flexibility index (Phi) is 10.1. The van der Waals surface area contributed by atoms with E-state index in [4.69, 9.17) is 9.47 Å². The summed E-state index contributed by atoms with van der Waals surface area (Å²) in [5.41, 5.74) is 1.66. The van der Waals surface area contributed by atoms with Crippen molar-refractivity contribution in [3.63, 3.8) is 0 Å². The Morgan fingerprint density at radius 3 is 2.21 bits per heavy atom. The van der Waals surface area contributed by atoms with E-state index in [9.17, 15) is 14.4 Å². The molecular weight excluding hydrogens is 502 g/mol. The first-order valence-electron chi connectivity index (χ1n) is 12.8. The van der Waals surface area contributed by atoms with Gasteiger partial charge in [-0.2, -0.15) is 11.8 Å². The molecule has 8 nitrogen and oxygen atoms in total. The minimum absolute atomic E-state index is 0.0902. The van der Waals surface area contributed by atoms with Gasteiger partial charge in [-0.1, -0.05) is 29.8 Å². The highest BCUT2D eigenvalue weighted by Crippen LogP contribution is 2.36. The molecule has 1 aliphatic carbocycles. The van der Waals surface area contributed by atoms with Gasteiger partial charge in [0, 0.05) is 11.7 Å². The van der Waals surface area contributed by atoms with Crippen LogP contribution in [0.15, 0.2) is 48.5 Å². The molecule has 2 aromatic carbocycles. The van der Waals surface area contributed by atoms with Crippen molar-refractivity contribution in [3.05, 3.63) is 59.7 Å². The van der Waals surface area contributed by atoms with Gasteiger partial charge < -0.3 is 25.0 Å². The Bertz CT molecular complexity index is 1090. The average Bonchev–Trinajstić information content (AvgIpc) is 3.70. The van der Waals surface area contributed by atoms with Crippen LogP contribution >= 0.6 is 11.8 Å². The van der Waals surface area contributed by atoms with Gasteiger partial charge in [-0.05, 0) is 88.8 Å². The number of amides is 3. The summed E-state index contributed by atoms with van der Waals surface area (Å²) in [6.07, 6.45) is 3.31. The van der Waals surface area contributed by atoms with Crippen LogP contribution in [0.1, 0.15) is 57.2 Å². The molecule has 0 aromatic heterocycles. The van der Waals surface area contributed by atoms with Gasteiger partial charge in [0.1, 0.15) is 23.4 Å². The SMILES string of the molecule is COc1ccc(NC(=O)C(c2ccc(C)cc2)N(C(=O)C(CCSC)NC(=O)OC(C)(C)C)C2CC2)cc1. The monoisotopic (exact) mass is 541 g/mol. The maximum absolute atomic E-state index is 14.1. The quantitative estimate of drug-likeness (QED) is 0.400. The highest BCUT2D eigenvalue weighted by molar-refractivity contribution is 7.98. The first-order chi connectivity index (χ1) is 18.0. The predicted octanol–water partition coefficient (Wildman–Crippen LogP) is 5.32. The van der Waals surface area contributed by atoms with Crippen molar-refractivity contribution in [1.29, 1.82) is 0 Å². The molecule has 0 spiro atoms. The standard InChI is InChI=1S/C29H39N3O5S/c1-19-7-9-20(10-8-19)25(26(33)30-21-11-15-23(36-5)16-12-21)32(22-13-14-22)27(34)24(17-18-38-6)31-28(35)37-29(2,3)4/h7-12,15-16,22,24-25H,13-14,17-18H2,1-6H3,(H,30,33)(H,31,35). The molecule has 0 bridgehead atoms. The zero-order valence-electron chi connectivity index (χ0n) is 23.1. The van der Waals surface area contributed by atoms with E-state index in [1.165, 1.54) is 0 Å². The topological polar surface area (TPSA) is 97.0 Å². The van der Waals surface area contributed by atoms with Crippen LogP contribution < -0.4 is 15.4 Å². The van der Waals surface area contributed by atoms with Crippen molar-refractivity contribution in [2.75, 3.05) is 24.4 Å². The Hall–Kier alpha value is -3.20. The molecule has 0 radical (unpaired) electrons. The molecule has 0 aliphatic heterocycles. The molecule has 1 aliphatic rings. The van der Waals surface area contributed by atoms with Crippen LogP contribution in [0.5, 0.6) is 5.75 Å². The maximum Gasteiger partial charge on any atom is 0.408 e. The number of ether oxygens (including phenoxy) is 2. The number of hydrogen-bond donors (Lipinski definition) is 2. The molecule has 206 valence electrons. The minimum Gasteiger partial charge on any atom is -0.497 e. The van der Waals surface area contributed by atoms with Crippen LogP contribution in [-0.2, 0) is 14.3 Å². The van der Waals surface area contributed by atoms with Crippen LogP contribution in [0.3, 0.4) is 0 Å². The first kappa shape index (κ1) is 29.4. The van der Waals surface area contributed by atoms with Gasteiger partial charge in [-0.3, -0.25) is 9.59 Å². The molecule has 1 saturated carbocycles. The normalized spacial score (nSPS) is 14.7. The second-order valence-electron chi connectivity index (χ2n) is 10.5. The Balaban J connectivity index is 1.94. The first-order valence-corrected chi connectivity index (χ1v) is 14.2. The lowest BCUT2D eigenvalue weighted by atomic mass is 10.0. The summed E-state index contributed by atoms with van der Waals surface area (Å²) in [4.78, 5) is 42.2. The van der Waals surface area contributed by atoms with Gasteiger partial charge in [0.25, 0.3) is 5.91 Å². The molecule has 2 aromatic rings. The highest BCUT2D eigenvalue weighted by Gasteiger charge is 2.44. The largest absolute Gasteiger partial charge is 0.497 e. The fraction of sp³-hybridized carbons (Fsp3) is 0.483. The van der Waals surface area contributed by atoms with E-state index in [0.717, 1.165) is 18.4 Å². The maximum atomic E-state index is 14.1. The third-order valence-electron chi connectivity index (χ3n) is 6.07. The second-order valence-corrected chi connectivity index (χ2v) is 11.5. The van der Waals surface area contributed by atoms with E-state index in [1.54, 1.807) is 68.8 Å². The summed E-state index contributed by atoms with van der Waals surface area (Å²) in [6, 6.07) is 12.9. The third-order valence-corrected chi connectivity index (χ3v) is 6.72. The zero-order valence-corrected chi connectivity index (χ0v) is 23.9. The van der Waals surface area contributed by atoms with Gasteiger partial charge in [0.2, 0.25) is 5.91 Å². The number of nitrogens with one attached hydrogen (secondary N) is 2. The van der Waals surface area contributed by atoms with Crippen LogP contribution in [-0.4, -0.2) is 59.6 Å². The Morgan fingerprint density at radius 2 is 1.68 bits per heavy atom. The number of carbonyl (C=O) groups is 3. The molecule has 1 fully saturated rings. The van der Waals surface area contributed by atoms with Crippen molar-refractivity contribution in [2.24, 2.45) is 0 Å². The van der Waals surface area contributed by atoms with Crippen molar-refractivity contribution in [1.82, 2.24) is 10.2 Å². The van der Waals surface area contributed by atoms with Crippen LogP contribution in [0.2, 0.25) is 0 Å². The van der Waals surface area contributed by atoms with Crippen LogP contribution in [0.4, 0.5) is 10.5 Å². The van der Waals surface area contributed by atoms with Crippen molar-refractivity contribution in [3.8, 4) is 5.75 Å². The predicted molar refractivity (Wildman–Crippen MR) is 152 cm³/mol. The molecule has 3 rings (SSSR count). The van der Waals surface area contributed by atoms with Crippen LogP contribution in [0.25, 0.3) is 0 Å². The lowest BCUT2D eigenvalue weighted by Gasteiger charge is -2.34. The summed E-state index contributed by atoms with van der Waals surface area (Å²) in [5, 5.41) is 5.75. The van der Waals surface area contributed by atoms with Crippen molar-refractivity contribution < 1.29 is 23.9 Å². The van der Waals surface area contributed by atoms with Gasteiger partial charge in [-0.15, -0.1) is 0 Å². The van der Waals surface area contributed by atoms with Gasteiger partial charge in [0.05, 0.1) is 7.11 Å². The number of methoxy groups -OCH3 is 1. The smallest absolute Gasteiger partial charge is 0.408 e. The summed E-state index contributed by atoms with van der Waals surface area (Å²) >= 11 is 1.59. The van der Waals surface area contributed by atoms with Gasteiger partial charge >= 0.3 is 6.09 Å². The lowest BCUT2D eigenvalue weighted by molar-refractivity contribution is -0.141. The van der Waals surface area contributed by atoms with E-state index >= 15 is 0 Å². The number of rotatable bonds is 11. The lowest BCUT2D eigenvalue weighted by Crippen LogP contribution is -2.53. The summed E-state index contributed by atoms with van der Waals surface area (Å²) in [7, 11) is 1.58. The zero-order chi connectivity index (χ0) is 27.9. The van der Waals surface area contributed by atoms with Crippen molar-refractivity contribution >= 4 is 35.4 Å². The van der Waals surface area contributed by atoms with E-state index in [1.807, 2.05) is 37.4 Å². The molecule has 0 heterocycles. The van der Waals surface area contributed by atoms with E-state index in [0.29, 0.717) is 29.2 Å². The summed E-state index contributed by atoms with van der Waals surface area (Å²) < 4.78 is 10.7.